The van der Waals surface area contributed by atoms with Crippen molar-refractivity contribution in [2.45, 2.75) is 23.6 Å². The van der Waals surface area contributed by atoms with Crippen molar-refractivity contribution in [2.75, 3.05) is 11.9 Å². The van der Waals surface area contributed by atoms with E-state index in [1.165, 1.54) is 0 Å². The van der Waals surface area contributed by atoms with E-state index in [1.54, 1.807) is 24.3 Å². The molecule has 0 unspecified atom stereocenters. The van der Waals surface area contributed by atoms with E-state index in [4.69, 9.17) is 9.05 Å². The molecule has 2 aromatic carbocycles. The number of benzene rings is 2. The van der Waals surface area contributed by atoms with E-state index in [2.05, 4.69) is 0 Å². The molecule has 0 N–H and O–H groups in total. The highest BCUT2D eigenvalue weighted by Gasteiger charge is 2.24. The Hall–Kier alpha value is -1.24. The first-order valence-electron chi connectivity index (χ1n) is 7.09. The van der Waals surface area contributed by atoms with Crippen molar-refractivity contribution in [3.63, 3.8) is 0 Å². The molecule has 0 fully saturated rings. The number of hydrogen-bond acceptors (Lipinski definition) is 5. The van der Waals surface area contributed by atoms with Gasteiger partial charge in [-0.15, -0.1) is 9.05 Å². The van der Waals surface area contributed by atoms with Gasteiger partial charge in [-0.05, 0) is 38.1 Å². The highest BCUT2D eigenvalue weighted by atomic mass is 32.2. The van der Waals surface area contributed by atoms with Gasteiger partial charge in [0.15, 0.2) is 11.9 Å². The summed E-state index contributed by atoms with van der Waals surface area (Å²) < 4.78 is 45.5. The van der Waals surface area contributed by atoms with E-state index in [0.717, 1.165) is 11.1 Å². The Kier molecular flexibility index (Phi) is 7.40. The van der Waals surface area contributed by atoms with Crippen LogP contribution in [0.1, 0.15) is 11.1 Å². The van der Waals surface area contributed by atoms with Crippen LogP contribution in [0.2, 0.25) is 0 Å². The highest BCUT2D eigenvalue weighted by molar-refractivity contribution is 7.85. The van der Waals surface area contributed by atoms with Crippen LogP contribution in [-0.4, -0.2) is 20.3 Å². The lowest BCUT2D eigenvalue weighted by atomic mass is 10.2. The minimum atomic E-state index is -2.47. The maximum absolute atomic E-state index is 12.0. The Morgan fingerprint density at radius 3 is 1.42 bits per heavy atom. The molecule has 24 heavy (non-hydrogen) atoms. The van der Waals surface area contributed by atoms with E-state index in [9.17, 15) is 13.0 Å². The number of aryl methyl sites for hydroxylation is 2. The quantitative estimate of drug-likeness (QED) is 0.646. The molecule has 2 rings (SSSR count). The van der Waals surface area contributed by atoms with Gasteiger partial charge < -0.3 is 0 Å². The lowest BCUT2D eigenvalue weighted by molar-refractivity contribution is 0.280. The summed E-state index contributed by atoms with van der Waals surface area (Å²) in [6, 6.07) is 14.3. The average Bonchev–Trinajstić information content (AvgIpc) is 2.58. The molecule has 2 atom stereocenters. The molecule has 0 bridgehead atoms. The van der Waals surface area contributed by atoms with Gasteiger partial charge >= 0.3 is 8.25 Å². The topological polar surface area (TPSA) is 69.7 Å². The summed E-state index contributed by atoms with van der Waals surface area (Å²) in [6.45, 7) is 3.87. The van der Waals surface area contributed by atoms with Crippen molar-refractivity contribution in [1.29, 1.82) is 0 Å². The zero-order valence-electron chi connectivity index (χ0n) is 13.3. The molecule has 0 aliphatic carbocycles. The molecular formula is C16H18O5PS2+. The SMILES string of the molecule is Cc1ccc([S@](=O)CO[P+](=O)OC[S@@](=O)c2ccc(C)cc2)cc1. The highest BCUT2D eigenvalue weighted by Crippen LogP contribution is 2.26. The normalized spacial score (nSPS) is 13.4. The molecule has 5 nitrogen and oxygen atoms in total. The van der Waals surface area contributed by atoms with Crippen molar-refractivity contribution in [3.8, 4) is 0 Å². The molecule has 0 saturated heterocycles. The first kappa shape index (κ1) is 19.1. The molecule has 0 spiro atoms. The summed E-state index contributed by atoms with van der Waals surface area (Å²) in [5, 5.41) is 0. The third-order valence-corrected chi connectivity index (χ3v) is 6.39. The molecule has 0 aromatic heterocycles. The minimum absolute atomic E-state index is 0.241. The van der Waals surface area contributed by atoms with Gasteiger partial charge in [-0.2, -0.15) is 0 Å². The molecule has 128 valence electrons. The first-order valence-corrected chi connectivity index (χ1v) is 10.8. The van der Waals surface area contributed by atoms with Crippen molar-refractivity contribution in [3.05, 3.63) is 59.7 Å². The van der Waals surface area contributed by atoms with Crippen molar-refractivity contribution in [1.82, 2.24) is 0 Å². The maximum Gasteiger partial charge on any atom is 0.699 e. The fourth-order valence-corrected chi connectivity index (χ4v) is 4.42. The van der Waals surface area contributed by atoms with Crippen LogP contribution >= 0.6 is 8.25 Å². The molecule has 0 radical (unpaired) electrons. The average molecular weight is 385 g/mol. The van der Waals surface area contributed by atoms with Crippen LogP contribution in [0, 0.1) is 13.8 Å². The lowest BCUT2D eigenvalue weighted by Crippen LogP contribution is -2.02. The van der Waals surface area contributed by atoms with E-state index in [-0.39, 0.29) is 11.9 Å². The summed E-state index contributed by atoms with van der Waals surface area (Å²) in [7, 11) is -5.33. The lowest BCUT2D eigenvalue weighted by Gasteiger charge is -2.00. The first-order chi connectivity index (χ1) is 11.5. The fourth-order valence-electron chi connectivity index (χ4n) is 1.74. The Morgan fingerprint density at radius 2 is 1.08 bits per heavy atom. The summed E-state index contributed by atoms with van der Waals surface area (Å²) in [5.74, 6) is -0.481. The Balaban J connectivity index is 1.77. The van der Waals surface area contributed by atoms with Crippen LogP contribution in [0.4, 0.5) is 0 Å². The second-order valence-corrected chi connectivity index (χ2v) is 8.79. The van der Waals surface area contributed by atoms with E-state index < -0.39 is 29.9 Å². The standard InChI is InChI=1S/C16H18O5PS2/c1-13-3-7-15(8-4-13)23(18)11-20-22(17)21-12-24(19)16-9-5-14(2)6-10-16/h3-10H,11-12H2,1-2H3/q+1/t23-,24-/m1/s1. The van der Waals surface area contributed by atoms with Crippen LogP contribution in [-0.2, 0) is 35.2 Å². The molecule has 0 amide bonds. The zero-order chi connectivity index (χ0) is 17.5. The van der Waals surface area contributed by atoms with Crippen LogP contribution < -0.4 is 0 Å². The molecule has 2 aromatic rings. The van der Waals surface area contributed by atoms with E-state index in [0.29, 0.717) is 9.79 Å². The smallest absolute Gasteiger partial charge is 0.252 e. The number of hydrogen-bond donors (Lipinski definition) is 0. The van der Waals surface area contributed by atoms with Crippen LogP contribution in [0.5, 0.6) is 0 Å². The van der Waals surface area contributed by atoms with Gasteiger partial charge in [0.1, 0.15) is 0 Å². The Bertz CT molecular complexity index is 681. The predicted molar refractivity (Wildman–Crippen MR) is 94.7 cm³/mol. The van der Waals surface area contributed by atoms with Crippen molar-refractivity contribution in [2.24, 2.45) is 0 Å². The second kappa shape index (κ2) is 9.30. The van der Waals surface area contributed by atoms with E-state index >= 15 is 0 Å². The number of rotatable bonds is 8. The summed E-state index contributed by atoms with van der Waals surface area (Å²) in [6.07, 6.45) is 0. The molecule has 8 heteroatoms. The summed E-state index contributed by atoms with van der Waals surface area (Å²) in [4.78, 5) is 1.18. The summed E-state index contributed by atoms with van der Waals surface area (Å²) >= 11 is 0. The fraction of sp³-hybridized carbons (Fsp3) is 0.250. The predicted octanol–water partition coefficient (Wildman–Crippen LogP) is 3.82. The van der Waals surface area contributed by atoms with Crippen LogP contribution in [0.25, 0.3) is 0 Å². The zero-order valence-corrected chi connectivity index (χ0v) is 15.9. The van der Waals surface area contributed by atoms with Gasteiger partial charge in [0.05, 0.1) is 21.6 Å². The largest absolute Gasteiger partial charge is 0.699 e. The maximum atomic E-state index is 12.0. The molecular weight excluding hydrogens is 367 g/mol. The minimum Gasteiger partial charge on any atom is -0.252 e. The van der Waals surface area contributed by atoms with Crippen molar-refractivity contribution < 1.29 is 22.0 Å². The van der Waals surface area contributed by atoms with Gasteiger partial charge in [0, 0.05) is 14.4 Å². The Labute approximate surface area is 147 Å². The second-order valence-electron chi connectivity index (χ2n) is 5.03. The van der Waals surface area contributed by atoms with Gasteiger partial charge in [-0.25, -0.2) is 0 Å². The van der Waals surface area contributed by atoms with Gasteiger partial charge in [-0.3, -0.25) is 8.42 Å². The van der Waals surface area contributed by atoms with Gasteiger partial charge in [0.25, 0.3) is 0 Å². The third-order valence-electron chi connectivity index (χ3n) is 3.10. The van der Waals surface area contributed by atoms with Gasteiger partial charge in [0.2, 0.25) is 0 Å². The van der Waals surface area contributed by atoms with Crippen LogP contribution in [0.15, 0.2) is 58.3 Å². The van der Waals surface area contributed by atoms with Gasteiger partial charge in [-0.1, -0.05) is 35.4 Å². The van der Waals surface area contributed by atoms with E-state index in [1.807, 2.05) is 38.1 Å². The third kappa shape index (κ3) is 6.00. The molecule has 0 saturated carbocycles. The molecule has 0 aliphatic rings. The Morgan fingerprint density at radius 1 is 0.750 bits per heavy atom. The molecule has 0 heterocycles. The van der Waals surface area contributed by atoms with Crippen molar-refractivity contribution >= 4 is 29.9 Å². The summed E-state index contributed by atoms with van der Waals surface area (Å²) in [5.41, 5.74) is 2.12. The molecule has 0 aliphatic heterocycles. The monoisotopic (exact) mass is 385 g/mol. The van der Waals surface area contributed by atoms with Crippen LogP contribution in [0.3, 0.4) is 0 Å².